The quantitative estimate of drug-likeness (QED) is 0.821. The molecular weight excluding hydrogens is 312 g/mol. The molecule has 0 aliphatic heterocycles. The average Bonchev–Trinajstić information content (AvgIpc) is 2.93. The smallest absolute Gasteiger partial charge is 0.137 e. The molecule has 4 saturated carbocycles. The molecule has 0 radical (unpaired) electrons. The summed E-state index contributed by atoms with van der Waals surface area (Å²) in [6.45, 7) is 7.24. The lowest BCUT2D eigenvalue weighted by Gasteiger charge is -2.59. The van der Waals surface area contributed by atoms with Crippen LogP contribution in [0.1, 0.15) is 72.1 Å². The van der Waals surface area contributed by atoms with Crippen LogP contribution in [-0.2, 0) is 9.59 Å². The van der Waals surface area contributed by atoms with Crippen LogP contribution in [0.4, 0.5) is 0 Å². The SMILES string of the molecule is CC(CO)[C@H]1CC[C@H]2[C@@H]3CC(=O)[C@H]4CC(=O)CC[C@]4(C)[C@H]3CC[C@]12C. The maximum Gasteiger partial charge on any atom is 0.137 e. The minimum Gasteiger partial charge on any atom is -0.396 e. The lowest BCUT2D eigenvalue weighted by Crippen LogP contribution is -2.56. The molecule has 0 spiro atoms. The van der Waals surface area contributed by atoms with Crippen LogP contribution in [0.15, 0.2) is 0 Å². The van der Waals surface area contributed by atoms with Gasteiger partial charge in [0.2, 0.25) is 0 Å². The molecule has 4 aliphatic rings. The van der Waals surface area contributed by atoms with E-state index in [1.807, 2.05) is 0 Å². The number of aliphatic hydroxyl groups is 1. The van der Waals surface area contributed by atoms with Crippen LogP contribution in [0.2, 0.25) is 0 Å². The zero-order chi connectivity index (χ0) is 18.0. The van der Waals surface area contributed by atoms with E-state index >= 15 is 0 Å². The third-order valence-electron chi connectivity index (χ3n) is 9.33. The number of carbonyl (C=O) groups excluding carboxylic acids is 2. The molecule has 0 aromatic heterocycles. The molecule has 140 valence electrons. The molecule has 4 fully saturated rings. The summed E-state index contributed by atoms with van der Waals surface area (Å²) in [6.07, 6.45) is 7.68. The third kappa shape index (κ3) is 2.40. The number of hydrogen-bond acceptors (Lipinski definition) is 3. The van der Waals surface area contributed by atoms with Crippen LogP contribution >= 0.6 is 0 Å². The Hall–Kier alpha value is -0.700. The van der Waals surface area contributed by atoms with Crippen LogP contribution in [0.25, 0.3) is 0 Å². The molecule has 4 aliphatic carbocycles. The molecule has 8 atom stereocenters. The molecule has 0 amide bonds. The number of aliphatic hydroxyl groups excluding tert-OH is 1. The fraction of sp³-hybridized carbons (Fsp3) is 0.909. The van der Waals surface area contributed by atoms with E-state index in [1.165, 1.54) is 25.7 Å². The first-order valence-corrected chi connectivity index (χ1v) is 10.5. The van der Waals surface area contributed by atoms with E-state index in [0.29, 0.717) is 60.4 Å². The summed E-state index contributed by atoms with van der Waals surface area (Å²) < 4.78 is 0. The molecule has 0 aromatic carbocycles. The van der Waals surface area contributed by atoms with Crippen molar-refractivity contribution in [3.63, 3.8) is 0 Å². The van der Waals surface area contributed by atoms with Gasteiger partial charge >= 0.3 is 0 Å². The Balaban J connectivity index is 1.65. The van der Waals surface area contributed by atoms with Gasteiger partial charge in [-0.3, -0.25) is 9.59 Å². The van der Waals surface area contributed by atoms with E-state index in [-0.39, 0.29) is 23.4 Å². The van der Waals surface area contributed by atoms with E-state index in [0.717, 1.165) is 6.42 Å². The molecule has 4 rings (SSSR count). The Morgan fingerprint density at radius 1 is 1.04 bits per heavy atom. The molecule has 0 heterocycles. The van der Waals surface area contributed by atoms with Crippen molar-refractivity contribution in [1.82, 2.24) is 0 Å². The molecular formula is C22H34O3. The Bertz CT molecular complexity index is 584. The second-order valence-corrected chi connectivity index (χ2v) is 10.2. The maximum atomic E-state index is 13.0. The Morgan fingerprint density at radius 2 is 1.76 bits per heavy atom. The number of carbonyl (C=O) groups is 2. The second-order valence-electron chi connectivity index (χ2n) is 10.2. The van der Waals surface area contributed by atoms with Gasteiger partial charge in [-0.05, 0) is 72.5 Å². The van der Waals surface area contributed by atoms with E-state index < -0.39 is 0 Å². The Morgan fingerprint density at radius 3 is 2.48 bits per heavy atom. The standard InChI is InChI=1S/C22H34O3/c1-13(12-23)16-4-5-17-15-11-20(25)19-10-14(24)6-8-22(19,3)18(15)7-9-21(16,17)2/h13,15-19,23H,4-12H2,1-3H3/t13?,15-,16+,17-,18-,19+,21+,22+/m0/s1. The first kappa shape index (κ1) is 17.7. The molecule has 3 heteroatoms. The Kier molecular flexibility index (Phi) is 4.18. The van der Waals surface area contributed by atoms with Crippen molar-refractivity contribution in [2.45, 2.75) is 72.1 Å². The van der Waals surface area contributed by atoms with Crippen LogP contribution in [0.3, 0.4) is 0 Å². The zero-order valence-corrected chi connectivity index (χ0v) is 16.1. The largest absolute Gasteiger partial charge is 0.396 e. The molecule has 3 nitrogen and oxygen atoms in total. The first-order valence-electron chi connectivity index (χ1n) is 10.5. The van der Waals surface area contributed by atoms with Gasteiger partial charge < -0.3 is 5.11 Å². The lowest BCUT2D eigenvalue weighted by atomic mass is 9.44. The van der Waals surface area contributed by atoms with Crippen LogP contribution < -0.4 is 0 Å². The van der Waals surface area contributed by atoms with Gasteiger partial charge in [-0.1, -0.05) is 20.8 Å². The molecule has 25 heavy (non-hydrogen) atoms. The van der Waals surface area contributed by atoms with Crippen molar-refractivity contribution >= 4 is 11.6 Å². The number of ketones is 2. The maximum absolute atomic E-state index is 13.0. The molecule has 1 N–H and O–H groups in total. The topological polar surface area (TPSA) is 54.4 Å². The molecule has 0 aromatic rings. The highest BCUT2D eigenvalue weighted by Gasteiger charge is 2.62. The van der Waals surface area contributed by atoms with Crippen molar-refractivity contribution in [3.8, 4) is 0 Å². The van der Waals surface area contributed by atoms with Crippen LogP contribution in [0.5, 0.6) is 0 Å². The summed E-state index contributed by atoms with van der Waals surface area (Å²) in [7, 11) is 0. The van der Waals surface area contributed by atoms with Gasteiger partial charge in [-0.2, -0.15) is 0 Å². The average molecular weight is 347 g/mol. The summed E-state index contributed by atoms with van der Waals surface area (Å²) in [4.78, 5) is 25.0. The number of fused-ring (bicyclic) bond motifs is 5. The predicted molar refractivity (Wildman–Crippen MR) is 96.9 cm³/mol. The molecule has 0 bridgehead atoms. The van der Waals surface area contributed by atoms with Gasteiger partial charge in [0.25, 0.3) is 0 Å². The van der Waals surface area contributed by atoms with Crippen molar-refractivity contribution < 1.29 is 14.7 Å². The van der Waals surface area contributed by atoms with Crippen molar-refractivity contribution in [2.24, 2.45) is 46.3 Å². The number of rotatable bonds is 2. The highest BCUT2D eigenvalue weighted by molar-refractivity contribution is 5.90. The predicted octanol–water partition coefficient (Wildman–Crippen LogP) is 4.02. The highest BCUT2D eigenvalue weighted by atomic mass is 16.3. The second kappa shape index (κ2) is 5.90. The number of Topliss-reactive ketones (excluding diaryl/α,β-unsaturated/α-hetero) is 2. The summed E-state index contributed by atoms with van der Waals surface area (Å²) in [6, 6.07) is 0. The van der Waals surface area contributed by atoms with Gasteiger partial charge in [-0.25, -0.2) is 0 Å². The van der Waals surface area contributed by atoms with E-state index in [1.54, 1.807) is 0 Å². The highest BCUT2D eigenvalue weighted by Crippen LogP contribution is 2.67. The third-order valence-corrected chi connectivity index (χ3v) is 9.33. The van der Waals surface area contributed by atoms with Crippen molar-refractivity contribution in [2.75, 3.05) is 6.61 Å². The normalized spacial score (nSPS) is 50.8. The van der Waals surface area contributed by atoms with Crippen molar-refractivity contribution in [3.05, 3.63) is 0 Å². The van der Waals surface area contributed by atoms with Gasteiger partial charge in [0, 0.05) is 31.8 Å². The zero-order valence-electron chi connectivity index (χ0n) is 16.1. The first-order chi connectivity index (χ1) is 11.8. The minimum atomic E-state index is -0.00655. The van der Waals surface area contributed by atoms with Gasteiger partial charge in [-0.15, -0.1) is 0 Å². The summed E-state index contributed by atoms with van der Waals surface area (Å²) in [5, 5.41) is 9.71. The molecule has 0 saturated heterocycles. The van der Waals surface area contributed by atoms with E-state index in [4.69, 9.17) is 0 Å². The van der Waals surface area contributed by atoms with Gasteiger partial charge in [0.15, 0.2) is 0 Å². The fourth-order valence-corrected chi connectivity index (χ4v) is 7.94. The van der Waals surface area contributed by atoms with Crippen LogP contribution in [-0.4, -0.2) is 23.3 Å². The van der Waals surface area contributed by atoms with Crippen LogP contribution in [0, 0.1) is 46.3 Å². The monoisotopic (exact) mass is 346 g/mol. The Labute approximate surface area is 151 Å². The van der Waals surface area contributed by atoms with Gasteiger partial charge in [0.05, 0.1) is 0 Å². The van der Waals surface area contributed by atoms with E-state index in [2.05, 4.69) is 20.8 Å². The lowest BCUT2D eigenvalue weighted by molar-refractivity contribution is -0.159. The minimum absolute atomic E-state index is 0.00655. The van der Waals surface area contributed by atoms with Crippen molar-refractivity contribution in [1.29, 1.82) is 0 Å². The van der Waals surface area contributed by atoms with E-state index in [9.17, 15) is 14.7 Å². The summed E-state index contributed by atoms with van der Waals surface area (Å²) in [5.74, 6) is 3.38. The summed E-state index contributed by atoms with van der Waals surface area (Å²) in [5.41, 5.74) is 0.340. The fourth-order valence-electron chi connectivity index (χ4n) is 7.94. The number of hydrogen-bond donors (Lipinski definition) is 1. The van der Waals surface area contributed by atoms with Gasteiger partial charge in [0.1, 0.15) is 11.6 Å². The summed E-state index contributed by atoms with van der Waals surface area (Å²) >= 11 is 0. The molecule has 1 unspecified atom stereocenters.